The smallest absolute Gasteiger partial charge is 0.338 e. The van der Waals surface area contributed by atoms with Crippen LogP contribution in [0.15, 0.2) is 60.7 Å². The zero-order chi connectivity index (χ0) is 21.7. The lowest BCUT2D eigenvalue weighted by atomic mass is 10.1. The monoisotopic (exact) mass is 411 g/mol. The van der Waals surface area contributed by atoms with Crippen LogP contribution in [0.1, 0.15) is 29.8 Å². The van der Waals surface area contributed by atoms with Crippen molar-refractivity contribution < 1.29 is 28.6 Å². The molecule has 1 heterocycles. The molecule has 1 saturated heterocycles. The van der Waals surface area contributed by atoms with E-state index < -0.39 is 29.9 Å². The van der Waals surface area contributed by atoms with Gasteiger partial charge in [-0.05, 0) is 19.4 Å². The molecule has 0 aromatic heterocycles. The molecule has 0 bridgehead atoms. The molecule has 3 rings (SSSR count). The summed E-state index contributed by atoms with van der Waals surface area (Å²) in [5.74, 6) is -2.56. The van der Waals surface area contributed by atoms with Crippen LogP contribution in [0, 0.1) is 0 Å². The maximum absolute atomic E-state index is 13.4. The number of carbonyl (C=O) groups is 3. The van der Waals surface area contributed by atoms with Crippen molar-refractivity contribution >= 4 is 17.7 Å². The van der Waals surface area contributed by atoms with Gasteiger partial charge < -0.3 is 19.1 Å². The molecule has 0 N–H and O–H groups in total. The fraction of sp³-hybridized carbons (Fsp3) is 0.348. The van der Waals surface area contributed by atoms with Crippen molar-refractivity contribution in [2.24, 2.45) is 0 Å². The second-order valence-corrected chi connectivity index (χ2v) is 7.47. The minimum atomic E-state index is -1.21. The van der Waals surface area contributed by atoms with E-state index in [9.17, 15) is 14.4 Å². The standard InChI is InChI=1S/C23H25NO6/c1-23(2)29-19(20(30-23)22(27)28-3)21(26)24(14-16-10-6-4-7-11-16)15-18(25)17-12-8-5-9-13-17/h4-13,19-20H,14-15H2,1-3H3/t19-,20-/m1/s1. The number of carbonyl (C=O) groups excluding carboxylic acids is 3. The first kappa shape index (κ1) is 21.7. The number of rotatable bonds is 7. The Balaban J connectivity index is 1.87. The number of benzene rings is 2. The Morgan fingerprint density at radius 2 is 1.50 bits per heavy atom. The van der Waals surface area contributed by atoms with Crippen molar-refractivity contribution in [3.8, 4) is 0 Å². The summed E-state index contributed by atoms with van der Waals surface area (Å²) < 4.78 is 16.1. The summed E-state index contributed by atoms with van der Waals surface area (Å²) >= 11 is 0. The number of methoxy groups -OCH3 is 1. The molecule has 2 atom stereocenters. The summed E-state index contributed by atoms with van der Waals surface area (Å²) in [5, 5.41) is 0. The average Bonchev–Trinajstić information content (AvgIpc) is 3.09. The van der Waals surface area contributed by atoms with Gasteiger partial charge in [-0.15, -0.1) is 0 Å². The first-order valence-corrected chi connectivity index (χ1v) is 9.65. The highest BCUT2D eigenvalue weighted by molar-refractivity contribution is 6.00. The van der Waals surface area contributed by atoms with Gasteiger partial charge >= 0.3 is 5.97 Å². The van der Waals surface area contributed by atoms with Gasteiger partial charge in [-0.2, -0.15) is 0 Å². The predicted octanol–water partition coefficient (Wildman–Crippen LogP) is 2.59. The maximum Gasteiger partial charge on any atom is 0.338 e. The first-order chi connectivity index (χ1) is 14.3. The summed E-state index contributed by atoms with van der Waals surface area (Å²) in [6.45, 7) is 3.26. The average molecular weight is 411 g/mol. The van der Waals surface area contributed by atoms with Gasteiger partial charge in [-0.25, -0.2) is 4.79 Å². The number of nitrogens with zero attached hydrogens (tertiary/aromatic N) is 1. The number of hydrogen-bond acceptors (Lipinski definition) is 6. The van der Waals surface area contributed by atoms with Crippen LogP contribution in [0.2, 0.25) is 0 Å². The fourth-order valence-corrected chi connectivity index (χ4v) is 3.31. The van der Waals surface area contributed by atoms with Crippen molar-refractivity contribution in [2.75, 3.05) is 13.7 Å². The fourth-order valence-electron chi connectivity index (χ4n) is 3.31. The lowest BCUT2D eigenvalue weighted by Crippen LogP contribution is -2.47. The van der Waals surface area contributed by atoms with Crippen LogP contribution in [0.4, 0.5) is 0 Å². The van der Waals surface area contributed by atoms with E-state index in [1.54, 1.807) is 38.1 Å². The molecule has 7 heteroatoms. The zero-order valence-corrected chi connectivity index (χ0v) is 17.2. The molecule has 30 heavy (non-hydrogen) atoms. The summed E-state index contributed by atoms with van der Waals surface area (Å²) in [5.41, 5.74) is 1.34. The summed E-state index contributed by atoms with van der Waals surface area (Å²) in [4.78, 5) is 39.8. The van der Waals surface area contributed by atoms with Crippen LogP contribution >= 0.6 is 0 Å². The molecule has 7 nitrogen and oxygen atoms in total. The lowest BCUT2D eigenvalue weighted by Gasteiger charge is -2.26. The predicted molar refractivity (Wildman–Crippen MR) is 108 cm³/mol. The number of ketones is 1. The molecule has 2 aromatic carbocycles. The van der Waals surface area contributed by atoms with Crippen molar-refractivity contribution in [2.45, 2.75) is 38.4 Å². The van der Waals surface area contributed by atoms with Gasteiger partial charge in [0.2, 0.25) is 0 Å². The third kappa shape index (κ3) is 5.11. The van der Waals surface area contributed by atoms with E-state index in [1.165, 1.54) is 12.0 Å². The van der Waals surface area contributed by atoms with Gasteiger partial charge in [0, 0.05) is 12.1 Å². The Bertz CT molecular complexity index is 896. The molecule has 158 valence electrons. The summed E-state index contributed by atoms with van der Waals surface area (Å²) in [6, 6.07) is 18.0. The van der Waals surface area contributed by atoms with Crippen LogP contribution < -0.4 is 0 Å². The number of hydrogen-bond donors (Lipinski definition) is 0. The van der Waals surface area contributed by atoms with Gasteiger partial charge in [0.05, 0.1) is 13.7 Å². The minimum absolute atomic E-state index is 0.161. The minimum Gasteiger partial charge on any atom is -0.467 e. The molecule has 2 aromatic rings. The van der Waals surface area contributed by atoms with E-state index >= 15 is 0 Å². The maximum atomic E-state index is 13.4. The molecule has 1 aliphatic heterocycles. The van der Waals surface area contributed by atoms with E-state index in [2.05, 4.69) is 0 Å². The van der Waals surface area contributed by atoms with Gasteiger partial charge in [0.25, 0.3) is 5.91 Å². The Morgan fingerprint density at radius 1 is 0.933 bits per heavy atom. The highest BCUT2D eigenvalue weighted by Crippen LogP contribution is 2.30. The third-order valence-corrected chi connectivity index (χ3v) is 4.73. The van der Waals surface area contributed by atoms with E-state index in [0.717, 1.165) is 5.56 Å². The Morgan fingerprint density at radius 3 is 2.10 bits per heavy atom. The molecular formula is C23H25NO6. The van der Waals surface area contributed by atoms with Crippen molar-refractivity contribution in [1.82, 2.24) is 4.90 Å². The van der Waals surface area contributed by atoms with E-state index in [1.807, 2.05) is 36.4 Å². The molecule has 1 fully saturated rings. The van der Waals surface area contributed by atoms with Gasteiger partial charge in [0.15, 0.2) is 23.8 Å². The van der Waals surface area contributed by atoms with Gasteiger partial charge in [-0.3, -0.25) is 9.59 Å². The van der Waals surface area contributed by atoms with Gasteiger partial charge in [-0.1, -0.05) is 60.7 Å². The van der Waals surface area contributed by atoms with Crippen LogP contribution in [0.25, 0.3) is 0 Å². The second kappa shape index (κ2) is 9.19. The SMILES string of the molecule is COC(=O)[C@@H]1OC(C)(C)O[C@H]1C(=O)N(CC(=O)c1ccccc1)Cc1ccccc1. The highest BCUT2D eigenvalue weighted by atomic mass is 16.8. The van der Waals surface area contributed by atoms with Crippen LogP contribution in [-0.4, -0.2) is 54.2 Å². The molecule has 0 radical (unpaired) electrons. The van der Waals surface area contributed by atoms with E-state index in [4.69, 9.17) is 14.2 Å². The highest BCUT2D eigenvalue weighted by Gasteiger charge is 2.50. The summed E-state index contributed by atoms with van der Waals surface area (Å²) in [6.07, 6.45) is -2.41. The number of Topliss-reactive ketones (excluding diaryl/α,β-unsaturated/α-hetero) is 1. The molecule has 1 aliphatic rings. The second-order valence-electron chi connectivity index (χ2n) is 7.47. The Hall–Kier alpha value is -3.03. The molecular weight excluding hydrogens is 386 g/mol. The normalized spacial score (nSPS) is 19.8. The van der Waals surface area contributed by atoms with Crippen LogP contribution in [0.3, 0.4) is 0 Å². The molecule has 0 aliphatic carbocycles. The number of ether oxygens (including phenoxy) is 3. The third-order valence-electron chi connectivity index (χ3n) is 4.73. The topological polar surface area (TPSA) is 82.1 Å². The molecule has 0 saturated carbocycles. The first-order valence-electron chi connectivity index (χ1n) is 9.65. The van der Waals surface area contributed by atoms with Crippen molar-refractivity contribution in [1.29, 1.82) is 0 Å². The largest absolute Gasteiger partial charge is 0.467 e. The Kier molecular flexibility index (Phi) is 6.64. The molecule has 0 unspecified atom stereocenters. The zero-order valence-electron chi connectivity index (χ0n) is 17.2. The van der Waals surface area contributed by atoms with Crippen LogP contribution in [-0.2, 0) is 30.3 Å². The lowest BCUT2D eigenvalue weighted by molar-refractivity contribution is -0.169. The van der Waals surface area contributed by atoms with E-state index in [-0.39, 0.29) is 18.9 Å². The van der Waals surface area contributed by atoms with Crippen LogP contribution in [0.5, 0.6) is 0 Å². The van der Waals surface area contributed by atoms with E-state index in [0.29, 0.717) is 5.56 Å². The summed E-state index contributed by atoms with van der Waals surface area (Å²) in [7, 11) is 1.22. The van der Waals surface area contributed by atoms with Gasteiger partial charge in [0.1, 0.15) is 0 Å². The Labute approximate surface area is 175 Å². The molecule has 1 amide bonds. The number of esters is 1. The number of amides is 1. The van der Waals surface area contributed by atoms with Crippen molar-refractivity contribution in [3.63, 3.8) is 0 Å². The van der Waals surface area contributed by atoms with Crippen molar-refractivity contribution in [3.05, 3.63) is 71.8 Å². The quantitative estimate of drug-likeness (QED) is 0.515. The molecule has 0 spiro atoms.